The third-order valence-corrected chi connectivity index (χ3v) is 3.61. The van der Waals surface area contributed by atoms with Gasteiger partial charge in [0.2, 0.25) is 11.8 Å². The van der Waals surface area contributed by atoms with Gasteiger partial charge in [0, 0.05) is 31.7 Å². The number of hydrogen-bond acceptors (Lipinski definition) is 4. The van der Waals surface area contributed by atoms with Crippen LogP contribution in [-0.4, -0.2) is 42.5 Å². The lowest BCUT2D eigenvalue weighted by atomic mass is 10.1. The fraction of sp³-hybridized carbons (Fsp3) is 0.583. The quantitative estimate of drug-likeness (QED) is 0.792. The number of amides is 1. The molecule has 3 rings (SSSR count). The van der Waals surface area contributed by atoms with Crippen LogP contribution in [0.15, 0.2) is 16.7 Å². The van der Waals surface area contributed by atoms with Gasteiger partial charge in [0.05, 0.1) is 6.26 Å². The molecule has 2 aliphatic rings. The number of nitrogens with one attached hydrogen (secondary N) is 1. The Labute approximate surface area is 100 Å². The van der Waals surface area contributed by atoms with Crippen LogP contribution in [0.1, 0.15) is 13.8 Å². The Kier molecular flexibility index (Phi) is 2.36. The monoisotopic (exact) mass is 235 g/mol. The average Bonchev–Trinajstić information content (AvgIpc) is 2.76. The topological polar surface area (TPSA) is 48.7 Å². The van der Waals surface area contributed by atoms with Gasteiger partial charge in [-0.1, -0.05) is 0 Å². The van der Waals surface area contributed by atoms with Gasteiger partial charge in [-0.2, -0.15) is 0 Å². The van der Waals surface area contributed by atoms with E-state index in [1.54, 1.807) is 12.3 Å². The number of piperazine rings is 1. The summed E-state index contributed by atoms with van der Waals surface area (Å²) < 4.78 is 5.46. The molecule has 1 N–H and O–H groups in total. The van der Waals surface area contributed by atoms with Crippen molar-refractivity contribution in [3.05, 3.63) is 12.3 Å². The molecule has 2 aliphatic heterocycles. The summed E-state index contributed by atoms with van der Waals surface area (Å²) >= 11 is 0. The van der Waals surface area contributed by atoms with Crippen molar-refractivity contribution in [3.63, 3.8) is 0 Å². The highest BCUT2D eigenvalue weighted by Crippen LogP contribution is 2.34. The SMILES string of the molecule is CC(C)N1CCN2c3occc3NC(=O)C2C1. The van der Waals surface area contributed by atoms with E-state index in [9.17, 15) is 4.79 Å². The van der Waals surface area contributed by atoms with Crippen molar-refractivity contribution in [2.45, 2.75) is 25.9 Å². The molecule has 1 atom stereocenters. The van der Waals surface area contributed by atoms with E-state index >= 15 is 0 Å². The summed E-state index contributed by atoms with van der Waals surface area (Å²) in [6.07, 6.45) is 1.63. The lowest BCUT2D eigenvalue weighted by Gasteiger charge is -2.44. The first-order chi connectivity index (χ1) is 8.16. The molecule has 1 saturated heterocycles. The van der Waals surface area contributed by atoms with Crippen molar-refractivity contribution < 1.29 is 9.21 Å². The van der Waals surface area contributed by atoms with Gasteiger partial charge in [0.1, 0.15) is 11.7 Å². The Bertz CT molecular complexity index is 441. The Morgan fingerprint density at radius 3 is 3.06 bits per heavy atom. The summed E-state index contributed by atoms with van der Waals surface area (Å²) in [6.45, 7) is 6.91. The van der Waals surface area contributed by atoms with Crippen LogP contribution in [0.5, 0.6) is 0 Å². The average molecular weight is 235 g/mol. The van der Waals surface area contributed by atoms with Gasteiger partial charge in [0.25, 0.3) is 0 Å². The third kappa shape index (κ3) is 1.61. The van der Waals surface area contributed by atoms with E-state index in [1.165, 1.54) is 0 Å². The molecule has 17 heavy (non-hydrogen) atoms. The van der Waals surface area contributed by atoms with Gasteiger partial charge in [-0.15, -0.1) is 0 Å². The fourth-order valence-corrected chi connectivity index (χ4v) is 2.58. The van der Waals surface area contributed by atoms with Crippen LogP contribution < -0.4 is 10.2 Å². The summed E-state index contributed by atoms with van der Waals surface area (Å²) in [5, 5.41) is 2.90. The Morgan fingerprint density at radius 2 is 2.29 bits per heavy atom. The minimum absolute atomic E-state index is 0.0734. The second kappa shape index (κ2) is 3.77. The predicted molar refractivity (Wildman–Crippen MR) is 65.2 cm³/mol. The van der Waals surface area contributed by atoms with Gasteiger partial charge in [-0.05, 0) is 13.8 Å². The molecule has 92 valence electrons. The highest BCUT2D eigenvalue weighted by atomic mass is 16.3. The van der Waals surface area contributed by atoms with Crippen molar-refractivity contribution in [1.29, 1.82) is 0 Å². The number of nitrogens with zero attached hydrogens (tertiary/aromatic N) is 2. The number of anilines is 2. The summed E-state index contributed by atoms with van der Waals surface area (Å²) in [5.74, 6) is 0.877. The number of rotatable bonds is 1. The molecule has 1 aromatic rings. The first-order valence-corrected chi connectivity index (χ1v) is 6.06. The zero-order chi connectivity index (χ0) is 12.0. The van der Waals surface area contributed by atoms with E-state index in [2.05, 4.69) is 29.0 Å². The standard InChI is InChI=1S/C12H17N3O2/c1-8(2)14-4-5-15-10(7-14)11(16)13-9-3-6-17-12(9)15/h3,6,8,10H,4-5,7H2,1-2H3,(H,13,16). The van der Waals surface area contributed by atoms with Crippen molar-refractivity contribution in [2.24, 2.45) is 0 Å². The van der Waals surface area contributed by atoms with Gasteiger partial charge >= 0.3 is 0 Å². The van der Waals surface area contributed by atoms with E-state index in [-0.39, 0.29) is 11.9 Å². The van der Waals surface area contributed by atoms with Crippen molar-refractivity contribution >= 4 is 17.5 Å². The van der Waals surface area contributed by atoms with Crippen LogP contribution in [0, 0.1) is 0 Å². The summed E-state index contributed by atoms with van der Waals surface area (Å²) in [7, 11) is 0. The molecule has 0 aliphatic carbocycles. The number of furan rings is 1. The number of carbonyl (C=O) groups excluding carboxylic acids is 1. The van der Waals surface area contributed by atoms with E-state index in [1.807, 2.05) is 0 Å². The Balaban J connectivity index is 1.88. The summed E-state index contributed by atoms with van der Waals surface area (Å²) in [4.78, 5) is 16.4. The fourth-order valence-electron chi connectivity index (χ4n) is 2.58. The Morgan fingerprint density at radius 1 is 1.47 bits per heavy atom. The third-order valence-electron chi connectivity index (χ3n) is 3.61. The zero-order valence-electron chi connectivity index (χ0n) is 10.1. The second-order valence-electron chi connectivity index (χ2n) is 4.93. The van der Waals surface area contributed by atoms with Crippen LogP contribution in [-0.2, 0) is 4.79 Å². The van der Waals surface area contributed by atoms with Crippen molar-refractivity contribution in [1.82, 2.24) is 4.90 Å². The van der Waals surface area contributed by atoms with E-state index in [4.69, 9.17) is 4.42 Å². The molecule has 3 heterocycles. The van der Waals surface area contributed by atoms with E-state index in [0.717, 1.165) is 31.2 Å². The second-order valence-corrected chi connectivity index (χ2v) is 4.93. The van der Waals surface area contributed by atoms with Gasteiger partial charge < -0.3 is 14.6 Å². The molecule has 1 fully saturated rings. The molecule has 1 unspecified atom stereocenters. The summed E-state index contributed by atoms with van der Waals surface area (Å²) in [6, 6.07) is 2.16. The molecule has 0 spiro atoms. The predicted octanol–water partition coefficient (Wildman–Crippen LogP) is 1.13. The van der Waals surface area contributed by atoms with Gasteiger partial charge in [-0.25, -0.2) is 0 Å². The molecule has 0 bridgehead atoms. The van der Waals surface area contributed by atoms with E-state index in [0.29, 0.717) is 6.04 Å². The van der Waals surface area contributed by atoms with Crippen LogP contribution in [0.4, 0.5) is 11.6 Å². The maximum Gasteiger partial charge on any atom is 0.248 e. The molecule has 5 nitrogen and oxygen atoms in total. The van der Waals surface area contributed by atoms with Crippen LogP contribution in [0.3, 0.4) is 0 Å². The number of fused-ring (bicyclic) bond motifs is 3. The number of carbonyl (C=O) groups is 1. The minimum atomic E-state index is -0.121. The smallest absolute Gasteiger partial charge is 0.248 e. The molecule has 1 amide bonds. The van der Waals surface area contributed by atoms with E-state index < -0.39 is 0 Å². The molecule has 0 aromatic carbocycles. The molecule has 0 radical (unpaired) electrons. The lowest BCUT2D eigenvalue weighted by Crippen LogP contribution is -2.60. The lowest BCUT2D eigenvalue weighted by molar-refractivity contribution is -0.118. The maximum absolute atomic E-state index is 12.0. The maximum atomic E-state index is 12.0. The summed E-state index contributed by atoms with van der Waals surface area (Å²) in [5.41, 5.74) is 0.796. The van der Waals surface area contributed by atoms with Gasteiger partial charge in [0.15, 0.2) is 0 Å². The number of hydrogen-bond donors (Lipinski definition) is 1. The highest BCUT2D eigenvalue weighted by Gasteiger charge is 2.39. The largest absolute Gasteiger partial charge is 0.447 e. The molecule has 0 saturated carbocycles. The highest BCUT2D eigenvalue weighted by molar-refractivity contribution is 6.02. The van der Waals surface area contributed by atoms with Crippen molar-refractivity contribution in [2.75, 3.05) is 29.9 Å². The molecule has 5 heteroatoms. The van der Waals surface area contributed by atoms with Crippen LogP contribution >= 0.6 is 0 Å². The Hall–Kier alpha value is -1.49. The molecule has 1 aromatic heterocycles. The normalized spacial score (nSPS) is 24.5. The first kappa shape index (κ1) is 10.7. The van der Waals surface area contributed by atoms with Crippen LogP contribution in [0.2, 0.25) is 0 Å². The molecular weight excluding hydrogens is 218 g/mol. The first-order valence-electron chi connectivity index (χ1n) is 6.06. The minimum Gasteiger partial charge on any atom is -0.447 e. The zero-order valence-corrected chi connectivity index (χ0v) is 10.1. The molecular formula is C12H17N3O2. The van der Waals surface area contributed by atoms with Gasteiger partial charge in [-0.3, -0.25) is 9.69 Å². The van der Waals surface area contributed by atoms with Crippen LogP contribution in [0.25, 0.3) is 0 Å². The van der Waals surface area contributed by atoms with Crippen molar-refractivity contribution in [3.8, 4) is 0 Å².